The molecular formula is C16H17N3O2. The van der Waals surface area contributed by atoms with E-state index in [2.05, 4.69) is 11.4 Å². The van der Waals surface area contributed by atoms with Gasteiger partial charge in [0.2, 0.25) is 0 Å². The predicted octanol–water partition coefficient (Wildman–Crippen LogP) is 2.64. The van der Waals surface area contributed by atoms with Crippen molar-refractivity contribution in [3.05, 3.63) is 48.0 Å². The lowest BCUT2D eigenvalue weighted by Crippen LogP contribution is -2.12. The number of methoxy groups -OCH3 is 1. The summed E-state index contributed by atoms with van der Waals surface area (Å²) in [4.78, 5) is 0. The summed E-state index contributed by atoms with van der Waals surface area (Å²) in [7, 11) is 1.61. The van der Waals surface area contributed by atoms with Crippen LogP contribution in [-0.2, 0) is 0 Å². The quantitative estimate of drug-likeness (QED) is 0.629. The second-order valence-electron chi connectivity index (χ2n) is 4.34. The van der Waals surface area contributed by atoms with E-state index in [1.54, 1.807) is 25.3 Å². The monoisotopic (exact) mass is 283 g/mol. The molecule has 0 saturated heterocycles. The van der Waals surface area contributed by atoms with Crippen molar-refractivity contribution >= 4 is 11.4 Å². The van der Waals surface area contributed by atoms with E-state index in [0.29, 0.717) is 35.9 Å². The van der Waals surface area contributed by atoms with E-state index in [1.165, 1.54) is 0 Å². The van der Waals surface area contributed by atoms with Gasteiger partial charge in [0.05, 0.1) is 18.4 Å². The Morgan fingerprint density at radius 3 is 2.67 bits per heavy atom. The molecule has 0 fully saturated rings. The Bertz CT molecular complexity index is 650. The number of nitriles is 1. The molecule has 5 nitrogen and oxygen atoms in total. The van der Waals surface area contributed by atoms with Crippen LogP contribution in [0.25, 0.3) is 0 Å². The minimum absolute atomic E-state index is 0.454. The van der Waals surface area contributed by atoms with Crippen LogP contribution >= 0.6 is 0 Å². The van der Waals surface area contributed by atoms with Crippen LogP contribution in [0.3, 0.4) is 0 Å². The largest absolute Gasteiger partial charge is 0.493 e. The van der Waals surface area contributed by atoms with E-state index in [4.69, 9.17) is 20.5 Å². The fourth-order valence-electron chi connectivity index (χ4n) is 1.89. The van der Waals surface area contributed by atoms with Gasteiger partial charge >= 0.3 is 0 Å². The van der Waals surface area contributed by atoms with Gasteiger partial charge in [0.25, 0.3) is 0 Å². The van der Waals surface area contributed by atoms with Crippen molar-refractivity contribution in [1.29, 1.82) is 5.26 Å². The lowest BCUT2D eigenvalue weighted by atomic mass is 10.2. The van der Waals surface area contributed by atoms with Gasteiger partial charge in [-0.15, -0.1) is 0 Å². The average Bonchev–Trinajstić information content (AvgIpc) is 2.52. The first-order valence-corrected chi connectivity index (χ1v) is 6.54. The number of anilines is 2. The molecule has 0 aliphatic rings. The summed E-state index contributed by atoms with van der Waals surface area (Å²) in [5, 5.41) is 12.2. The van der Waals surface area contributed by atoms with Gasteiger partial charge in [-0.3, -0.25) is 0 Å². The van der Waals surface area contributed by atoms with Gasteiger partial charge in [-0.25, -0.2) is 0 Å². The summed E-state index contributed by atoms with van der Waals surface area (Å²) < 4.78 is 10.9. The number of nitrogens with two attached hydrogens (primary N) is 1. The molecule has 2 aromatic carbocycles. The third-order valence-corrected chi connectivity index (χ3v) is 2.91. The number of ether oxygens (including phenoxy) is 2. The molecule has 0 aromatic heterocycles. The Hall–Kier alpha value is -2.87. The van der Waals surface area contributed by atoms with Crippen LogP contribution < -0.4 is 20.5 Å². The number of hydrogen-bond donors (Lipinski definition) is 2. The van der Waals surface area contributed by atoms with Gasteiger partial charge in [-0.2, -0.15) is 5.26 Å². The highest BCUT2D eigenvalue weighted by Gasteiger charge is 2.04. The van der Waals surface area contributed by atoms with Crippen LogP contribution in [0.1, 0.15) is 5.56 Å². The summed E-state index contributed by atoms with van der Waals surface area (Å²) in [6, 6.07) is 14.8. The standard InChI is InChI=1S/C16H17N3O2/c1-20-15-4-2-3-5-16(15)21-9-8-19-14-7-6-13(18)10-12(14)11-17/h2-7,10,19H,8-9,18H2,1H3. The molecule has 0 spiro atoms. The topological polar surface area (TPSA) is 80.3 Å². The summed E-state index contributed by atoms with van der Waals surface area (Å²) in [5.74, 6) is 1.39. The molecule has 0 heterocycles. The fraction of sp³-hybridized carbons (Fsp3) is 0.188. The summed E-state index contributed by atoms with van der Waals surface area (Å²) in [6.45, 7) is 1.02. The fourth-order valence-corrected chi connectivity index (χ4v) is 1.89. The van der Waals surface area contributed by atoms with Crippen LogP contribution in [0.2, 0.25) is 0 Å². The molecule has 21 heavy (non-hydrogen) atoms. The summed E-state index contributed by atoms with van der Waals surface area (Å²) in [6.07, 6.45) is 0. The number of para-hydroxylation sites is 2. The molecule has 0 saturated carbocycles. The van der Waals surface area contributed by atoms with E-state index in [9.17, 15) is 0 Å². The van der Waals surface area contributed by atoms with Crippen molar-refractivity contribution in [1.82, 2.24) is 0 Å². The highest BCUT2D eigenvalue weighted by atomic mass is 16.5. The van der Waals surface area contributed by atoms with E-state index in [-0.39, 0.29) is 0 Å². The molecule has 0 aliphatic carbocycles. The number of nitrogens with one attached hydrogen (secondary N) is 1. The van der Waals surface area contributed by atoms with Crippen LogP contribution in [0, 0.1) is 11.3 Å². The average molecular weight is 283 g/mol. The lowest BCUT2D eigenvalue weighted by molar-refractivity contribution is 0.306. The summed E-state index contributed by atoms with van der Waals surface area (Å²) in [5.41, 5.74) is 7.49. The maximum absolute atomic E-state index is 9.05. The molecular weight excluding hydrogens is 266 g/mol. The molecule has 0 aliphatic heterocycles. The SMILES string of the molecule is COc1ccccc1OCCNc1ccc(N)cc1C#N. The van der Waals surface area contributed by atoms with E-state index in [0.717, 1.165) is 5.69 Å². The van der Waals surface area contributed by atoms with Crippen molar-refractivity contribution in [3.63, 3.8) is 0 Å². The molecule has 2 aromatic rings. The van der Waals surface area contributed by atoms with Crippen LogP contribution in [0.4, 0.5) is 11.4 Å². The predicted molar refractivity (Wildman–Crippen MR) is 82.5 cm³/mol. The maximum atomic E-state index is 9.05. The number of nitrogen functional groups attached to an aromatic ring is 1. The second kappa shape index (κ2) is 7.06. The van der Waals surface area contributed by atoms with E-state index < -0.39 is 0 Å². The third-order valence-electron chi connectivity index (χ3n) is 2.91. The first-order valence-electron chi connectivity index (χ1n) is 6.54. The normalized spacial score (nSPS) is 9.71. The van der Waals surface area contributed by atoms with Gasteiger partial charge < -0.3 is 20.5 Å². The molecule has 2 rings (SSSR count). The van der Waals surface area contributed by atoms with E-state index >= 15 is 0 Å². The van der Waals surface area contributed by atoms with Crippen molar-refractivity contribution in [2.24, 2.45) is 0 Å². The van der Waals surface area contributed by atoms with E-state index in [1.807, 2.05) is 24.3 Å². The summed E-state index contributed by atoms with van der Waals surface area (Å²) >= 11 is 0. The lowest BCUT2D eigenvalue weighted by Gasteiger charge is -2.12. The van der Waals surface area contributed by atoms with Gasteiger partial charge in [0.15, 0.2) is 11.5 Å². The zero-order chi connectivity index (χ0) is 15.1. The highest BCUT2D eigenvalue weighted by Crippen LogP contribution is 2.25. The molecule has 108 valence electrons. The zero-order valence-corrected chi connectivity index (χ0v) is 11.8. The Balaban J connectivity index is 1.89. The van der Waals surface area contributed by atoms with Crippen LogP contribution in [0.5, 0.6) is 11.5 Å². The zero-order valence-electron chi connectivity index (χ0n) is 11.8. The second-order valence-corrected chi connectivity index (χ2v) is 4.34. The Morgan fingerprint density at radius 2 is 1.95 bits per heavy atom. The Kier molecular flexibility index (Phi) is 4.89. The van der Waals surface area contributed by atoms with Crippen molar-refractivity contribution in [3.8, 4) is 17.6 Å². The number of nitrogens with zero attached hydrogens (tertiary/aromatic N) is 1. The number of rotatable bonds is 6. The molecule has 5 heteroatoms. The Labute approximate surface area is 123 Å². The first-order chi connectivity index (χ1) is 10.2. The van der Waals surface area contributed by atoms with Gasteiger partial charge in [-0.05, 0) is 30.3 Å². The molecule has 0 amide bonds. The first kappa shape index (κ1) is 14.5. The van der Waals surface area contributed by atoms with Crippen molar-refractivity contribution in [2.45, 2.75) is 0 Å². The highest BCUT2D eigenvalue weighted by molar-refractivity contribution is 5.62. The van der Waals surface area contributed by atoms with Gasteiger partial charge in [-0.1, -0.05) is 12.1 Å². The minimum Gasteiger partial charge on any atom is -0.493 e. The minimum atomic E-state index is 0.454. The van der Waals surface area contributed by atoms with Crippen LogP contribution in [-0.4, -0.2) is 20.3 Å². The van der Waals surface area contributed by atoms with Crippen molar-refractivity contribution in [2.75, 3.05) is 31.3 Å². The van der Waals surface area contributed by atoms with Gasteiger partial charge in [0, 0.05) is 12.2 Å². The third kappa shape index (κ3) is 3.80. The Morgan fingerprint density at radius 1 is 1.19 bits per heavy atom. The number of benzene rings is 2. The molecule has 0 unspecified atom stereocenters. The molecule has 0 atom stereocenters. The number of hydrogen-bond acceptors (Lipinski definition) is 5. The van der Waals surface area contributed by atoms with Gasteiger partial charge in [0.1, 0.15) is 12.7 Å². The molecule has 0 bridgehead atoms. The van der Waals surface area contributed by atoms with Crippen molar-refractivity contribution < 1.29 is 9.47 Å². The molecule has 0 radical (unpaired) electrons. The van der Waals surface area contributed by atoms with Crippen LogP contribution in [0.15, 0.2) is 42.5 Å². The molecule has 3 N–H and O–H groups in total. The maximum Gasteiger partial charge on any atom is 0.161 e. The smallest absolute Gasteiger partial charge is 0.161 e.